The third-order valence-corrected chi connectivity index (χ3v) is 4.39. The molecule has 0 spiro atoms. The summed E-state index contributed by atoms with van der Waals surface area (Å²) in [6.07, 6.45) is 0.629. The Kier molecular flexibility index (Phi) is 6.06. The quantitative estimate of drug-likeness (QED) is 0.641. The van der Waals surface area contributed by atoms with Gasteiger partial charge >= 0.3 is 5.97 Å². The lowest BCUT2D eigenvalue weighted by Gasteiger charge is -2.09. The molecule has 3 rings (SSSR count). The zero-order valence-corrected chi connectivity index (χ0v) is 15.9. The summed E-state index contributed by atoms with van der Waals surface area (Å²) in [7, 11) is 1.45. The number of rotatable bonds is 6. The highest BCUT2D eigenvalue weighted by Crippen LogP contribution is 2.14. The normalized spacial score (nSPS) is 10.6. The maximum atomic E-state index is 12.4. The first kappa shape index (κ1) is 19.6. The minimum Gasteiger partial charge on any atom is -0.451 e. The smallest absolute Gasteiger partial charge is 0.359 e. The second kappa shape index (κ2) is 8.67. The molecule has 0 radical (unpaired) electrons. The maximum absolute atomic E-state index is 12.4. The number of ether oxygens (including phenoxy) is 1. The van der Waals surface area contributed by atoms with E-state index < -0.39 is 18.5 Å². The Hall–Kier alpha value is -3.19. The van der Waals surface area contributed by atoms with Crippen LogP contribution in [0.15, 0.2) is 53.3 Å². The summed E-state index contributed by atoms with van der Waals surface area (Å²) in [6, 6.07) is 14.0. The molecule has 0 fully saturated rings. The number of amides is 1. The van der Waals surface area contributed by atoms with Gasteiger partial charge in [0.25, 0.3) is 11.5 Å². The first-order valence-electron chi connectivity index (χ1n) is 8.60. The molecular formula is C20H18ClN3O4. The fraction of sp³-hybridized carbons (Fsp3) is 0.200. The van der Waals surface area contributed by atoms with Crippen LogP contribution >= 0.6 is 11.6 Å². The lowest BCUT2D eigenvalue weighted by Crippen LogP contribution is -2.31. The van der Waals surface area contributed by atoms with Crippen LogP contribution in [0, 0.1) is 0 Å². The minimum absolute atomic E-state index is 0.00772. The largest absolute Gasteiger partial charge is 0.451 e. The third kappa shape index (κ3) is 4.55. The predicted octanol–water partition coefficient (Wildman–Crippen LogP) is 2.10. The van der Waals surface area contributed by atoms with E-state index in [4.69, 9.17) is 16.3 Å². The van der Waals surface area contributed by atoms with E-state index in [2.05, 4.69) is 10.4 Å². The Morgan fingerprint density at radius 1 is 1.11 bits per heavy atom. The van der Waals surface area contributed by atoms with Crippen molar-refractivity contribution in [2.45, 2.75) is 6.42 Å². The van der Waals surface area contributed by atoms with Gasteiger partial charge in [-0.05, 0) is 30.2 Å². The SMILES string of the molecule is Cn1nc(C(=O)OCC(=O)NCCc2ccc(Cl)cc2)c2ccccc2c1=O. The molecule has 0 aliphatic heterocycles. The number of fused-ring (bicyclic) bond motifs is 1. The zero-order valence-electron chi connectivity index (χ0n) is 15.1. The average Bonchev–Trinajstić information content (AvgIpc) is 2.70. The third-order valence-electron chi connectivity index (χ3n) is 4.13. The molecule has 0 bridgehead atoms. The molecule has 8 heteroatoms. The van der Waals surface area contributed by atoms with Crippen LogP contribution in [0.1, 0.15) is 16.1 Å². The van der Waals surface area contributed by atoms with Gasteiger partial charge in [0.2, 0.25) is 0 Å². The van der Waals surface area contributed by atoms with Gasteiger partial charge in [-0.1, -0.05) is 41.9 Å². The van der Waals surface area contributed by atoms with Crippen molar-refractivity contribution < 1.29 is 14.3 Å². The molecule has 3 aromatic rings. The monoisotopic (exact) mass is 399 g/mol. The van der Waals surface area contributed by atoms with Gasteiger partial charge in [-0.25, -0.2) is 9.48 Å². The van der Waals surface area contributed by atoms with E-state index in [9.17, 15) is 14.4 Å². The van der Waals surface area contributed by atoms with Crippen LogP contribution in [0.3, 0.4) is 0 Å². The highest BCUT2D eigenvalue weighted by Gasteiger charge is 2.18. The molecule has 0 aliphatic carbocycles. The van der Waals surface area contributed by atoms with Crippen LogP contribution in [0.4, 0.5) is 0 Å². The maximum Gasteiger partial charge on any atom is 0.359 e. The number of halogens is 1. The number of aryl methyl sites for hydroxylation is 1. The predicted molar refractivity (Wildman–Crippen MR) is 105 cm³/mol. The highest BCUT2D eigenvalue weighted by atomic mass is 35.5. The molecule has 0 atom stereocenters. The van der Waals surface area contributed by atoms with Gasteiger partial charge < -0.3 is 10.1 Å². The number of esters is 1. The average molecular weight is 400 g/mol. The molecule has 0 unspecified atom stereocenters. The summed E-state index contributed by atoms with van der Waals surface area (Å²) in [5, 5.41) is 8.06. The Labute approximate surface area is 165 Å². The Balaban J connectivity index is 1.57. The standard InChI is InChI=1S/C20H18ClN3O4/c1-24-19(26)16-5-3-2-4-15(16)18(23-24)20(27)28-12-17(25)22-11-10-13-6-8-14(21)9-7-13/h2-9H,10-12H2,1H3,(H,22,25). The molecule has 1 aromatic heterocycles. The summed E-state index contributed by atoms with van der Waals surface area (Å²) in [5.74, 6) is -1.18. The van der Waals surface area contributed by atoms with E-state index >= 15 is 0 Å². The summed E-state index contributed by atoms with van der Waals surface area (Å²) >= 11 is 5.83. The van der Waals surface area contributed by atoms with Gasteiger partial charge in [0.05, 0.1) is 5.39 Å². The number of nitrogens with one attached hydrogen (secondary N) is 1. The summed E-state index contributed by atoms with van der Waals surface area (Å²) in [4.78, 5) is 36.4. The van der Waals surface area contributed by atoms with Crippen molar-refractivity contribution in [1.82, 2.24) is 15.1 Å². The molecular weight excluding hydrogens is 382 g/mol. The van der Waals surface area contributed by atoms with E-state index in [0.717, 1.165) is 10.2 Å². The topological polar surface area (TPSA) is 90.3 Å². The second-order valence-corrected chi connectivity index (χ2v) is 6.56. The van der Waals surface area contributed by atoms with Gasteiger partial charge in [-0.15, -0.1) is 0 Å². The fourth-order valence-corrected chi connectivity index (χ4v) is 2.82. The lowest BCUT2D eigenvalue weighted by molar-refractivity contribution is -0.124. The van der Waals surface area contributed by atoms with Crippen molar-refractivity contribution >= 4 is 34.2 Å². The molecule has 1 N–H and O–H groups in total. The van der Waals surface area contributed by atoms with E-state index in [1.54, 1.807) is 36.4 Å². The van der Waals surface area contributed by atoms with Gasteiger partial charge in [0.1, 0.15) is 0 Å². The van der Waals surface area contributed by atoms with Crippen LogP contribution in [-0.2, 0) is 23.0 Å². The Bertz CT molecular complexity index is 1080. The van der Waals surface area contributed by atoms with Crippen LogP contribution in [0.2, 0.25) is 5.02 Å². The summed E-state index contributed by atoms with van der Waals surface area (Å²) < 4.78 is 6.14. The number of nitrogens with zero attached hydrogens (tertiary/aromatic N) is 2. The molecule has 2 aromatic carbocycles. The van der Waals surface area contributed by atoms with Crippen molar-refractivity contribution in [3.05, 3.63) is 75.2 Å². The number of carbonyl (C=O) groups is 2. The van der Waals surface area contributed by atoms with E-state index in [1.165, 1.54) is 7.05 Å². The zero-order chi connectivity index (χ0) is 20.1. The minimum atomic E-state index is -0.764. The molecule has 28 heavy (non-hydrogen) atoms. The molecule has 0 saturated carbocycles. The number of benzene rings is 2. The van der Waals surface area contributed by atoms with Crippen molar-refractivity contribution in [2.24, 2.45) is 7.05 Å². The van der Waals surface area contributed by atoms with Crippen LogP contribution in [0.25, 0.3) is 10.8 Å². The lowest BCUT2D eigenvalue weighted by atomic mass is 10.1. The van der Waals surface area contributed by atoms with Crippen molar-refractivity contribution in [3.8, 4) is 0 Å². The van der Waals surface area contributed by atoms with Crippen molar-refractivity contribution in [3.63, 3.8) is 0 Å². The molecule has 1 amide bonds. The Morgan fingerprint density at radius 3 is 2.50 bits per heavy atom. The van der Waals surface area contributed by atoms with Gasteiger partial charge in [0.15, 0.2) is 12.3 Å². The van der Waals surface area contributed by atoms with Crippen LogP contribution < -0.4 is 10.9 Å². The summed E-state index contributed by atoms with van der Waals surface area (Å²) in [5.41, 5.74) is 0.710. The molecule has 0 saturated heterocycles. The van der Waals surface area contributed by atoms with Crippen LogP contribution in [-0.4, -0.2) is 34.8 Å². The van der Waals surface area contributed by atoms with E-state index in [1.807, 2.05) is 12.1 Å². The molecule has 1 heterocycles. The van der Waals surface area contributed by atoms with Gasteiger partial charge in [-0.2, -0.15) is 5.10 Å². The Morgan fingerprint density at radius 2 is 1.79 bits per heavy atom. The first-order valence-corrected chi connectivity index (χ1v) is 8.98. The molecule has 0 aliphatic rings. The number of hydrogen-bond acceptors (Lipinski definition) is 5. The van der Waals surface area contributed by atoms with Crippen LogP contribution in [0.5, 0.6) is 0 Å². The van der Waals surface area contributed by atoms with E-state index in [0.29, 0.717) is 28.8 Å². The second-order valence-electron chi connectivity index (χ2n) is 6.13. The van der Waals surface area contributed by atoms with Gasteiger partial charge in [0, 0.05) is 24.0 Å². The van der Waals surface area contributed by atoms with Gasteiger partial charge in [-0.3, -0.25) is 9.59 Å². The first-order chi connectivity index (χ1) is 13.5. The fourth-order valence-electron chi connectivity index (χ4n) is 2.70. The summed E-state index contributed by atoms with van der Waals surface area (Å²) in [6.45, 7) is -0.0304. The number of carbonyl (C=O) groups excluding carboxylic acids is 2. The van der Waals surface area contributed by atoms with Crippen molar-refractivity contribution in [1.29, 1.82) is 0 Å². The van der Waals surface area contributed by atoms with E-state index in [-0.39, 0.29) is 11.3 Å². The molecule has 144 valence electrons. The van der Waals surface area contributed by atoms with Crippen molar-refractivity contribution in [2.75, 3.05) is 13.2 Å². The molecule has 7 nitrogen and oxygen atoms in total. The number of hydrogen-bond donors (Lipinski definition) is 1. The highest BCUT2D eigenvalue weighted by molar-refractivity contribution is 6.30. The number of aromatic nitrogens is 2.